The Kier molecular flexibility index (Phi) is 4.66. The van der Waals surface area contributed by atoms with Gasteiger partial charge < -0.3 is 4.74 Å². The van der Waals surface area contributed by atoms with E-state index in [-0.39, 0.29) is 18.1 Å². The van der Waals surface area contributed by atoms with Crippen molar-refractivity contribution in [1.29, 1.82) is 0 Å². The standard InChI is InChI=1S/C11H15FN2O5S/c1-11(2,7-20(13,17)18)6-19-10-4-3-8(14(15)16)5-9(10)12/h3-5H,6-7H2,1-2H3,(H2,13,17,18). The summed E-state index contributed by atoms with van der Waals surface area (Å²) in [7, 11) is -3.68. The average Bonchev–Trinajstić information content (AvgIpc) is 2.23. The minimum atomic E-state index is -3.68. The number of ether oxygens (including phenoxy) is 1. The van der Waals surface area contributed by atoms with Crippen molar-refractivity contribution in [1.82, 2.24) is 0 Å². The second-order valence-corrected chi connectivity index (χ2v) is 6.75. The fourth-order valence-electron chi connectivity index (χ4n) is 1.58. The third-order valence-corrected chi connectivity index (χ3v) is 3.52. The van der Waals surface area contributed by atoms with Crippen LogP contribution in [-0.4, -0.2) is 25.7 Å². The lowest BCUT2D eigenvalue weighted by Crippen LogP contribution is -2.33. The summed E-state index contributed by atoms with van der Waals surface area (Å²) in [5.41, 5.74) is -1.21. The Labute approximate surface area is 115 Å². The largest absolute Gasteiger partial charge is 0.490 e. The fraction of sp³-hybridized carbons (Fsp3) is 0.455. The van der Waals surface area contributed by atoms with Crippen LogP contribution in [0.2, 0.25) is 0 Å². The summed E-state index contributed by atoms with van der Waals surface area (Å²) < 4.78 is 40.8. The molecule has 112 valence electrons. The number of nitro benzene ring substituents is 1. The van der Waals surface area contributed by atoms with Gasteiger partial charge in [0.25, 0.3) is 5.69 Å². The molecule has 0 fully saturated rings. The first-order valence-electron chi connectivity index (χ1n) is 5.57. The normalized spacial score (nSPS) is 12.2. The Morgan fingerprint density at radius 1 is 1.45 bits per heavy atom. The lowest BCUT2D eigenvalue weighted by Gasteiger charge is -2.23. The van der Waals surface area contributed by atoms with Crippen LogP contribution in [0.5, 0.6) is 5.75 Å². The van der Waals surface area contributed by atoms with E-state index in [1.54, 1.807) is 13.8 Å². The van der Waals surface area contributed by atoms with Gasteiger partial charge in [-0.1, -0.05) is 13.8 Å². The SMILES string of the molecule is CC(C)(COc1ccc([N+](=O)[O-])cc1F)CS(N)(=O)=O. The van der Waals surface area contributed by atoms with Gasteiger partial charge in [-0.2, -0.15) is 0 Å². The summed E-state index contributed by atoms with van der Waals surface area (Å²) in [5, 5.41) is 15.4. The van der Waals surface area contributed by atoms with Crippen LogP contribution in [0.15, 0.2) is 18.2 Å². The Bertz CT molecular complexity index is 615. The quantitative estimate of drug-likeness (QED) is 0.631. The topological polar surface area (TPSA) is 113 Å². The maximum Gasteiger partial charge on any atom is 0.272 e. The molecule has 9 heteroatoms. The van der Waals surface area contributed by atoms with Crippen molar-refractivity contribution in [2.45, 2.75) is 13.8 Å². The predicted octanol–water partition coefficient (Wildman–Crippen LogP) is 1.43. The Balaban J connectivity index is 2.78. The maximum atomic E-state index is 13.6. The second-order valence-electron chi connectivity index (χ2n) is 5.13. The summed E-state index contributed by atoms with van der Waals surface area (Å²) in [5.74, 6) is -1.39. The molecular weight excluding hydrogens is 291 g/mol. The molecule has 1 aromatic rings. The van der Waals surface area contributed by atoms with Crippen molar-refractivity contribution in [3.05, 3.63) is 34.1 Å². The molecule has 7 nitrogen and oxygen atoms in total. The van der Waals surface area contributed by atoms with Crippen LogP contribution in [0.25, 0.3) is 0 Å². The molecule has 1 aromatic carbocycles. The van der Waals surface area contributed by atoms with Crippen molar-refractivity contribution >= 4 is 15.7 Å². The van der Waals surface area contributed by atoms with Gasteiger partial charge in [-0.3, -0.25) is 10.1 Å². The van der Waals surface area contributed by atoms with E-state index in [1.165, 1.54) is 0 Å². The molecule has 20 heavy (non-hydrogen) atoms. The van der Waals surface area contributed by atoms with E-state index in [1.807, 2.05) is 0 Å². The van der Waals surface area contributed by atoms with E-state index in [0.29, 0.717) is 0 Å². The van der Waals surface area contributed by atoms with E-state index in [9.17, 15) is 22.9 Å². The van der Waals surface area contributed by atoms with Crippen molar-refractivity contribution < 1.29 is 22.5 Å². The summed E-state index contributed by atoms with van der Waals surface area (Å²) in [4.78, 5) is 9.73. The number of hydrogen-bond acceptors (Lipinski definition) is 5. The second kappa shape index (κ2) is 5.71. The highest BCUT2D eigenvalue weighted by Crippen LogP contribution is 2.25. The number of nitrogens with two attached hydrogens (primary N) is 1. The molecule has 0 heterocycles. The fourth-order valence-corrected chi connectivity index (χ4v) is 2.75. The van der Waals surface area contributed by atoms with Crippen LogP contribution in [0.1, 0.15) is 13.8 Å². The van der Waals surface area contributed by atoms with Gasteiger partial charge in [-0.25, -0.2) is 17.9 Å². The molecule has 0 unspecified atom stereocenters. The van der Waals surface area contributed by atoms with E-state index < -0.39 is 31.9 Å². The van der Waals surface area contributed by atoms with Crippen molar-refractivity contribution in [3.8, 4) is 5.75 Å². The van der Waals surface area contributed by atoms with Crippen LogP contribution in [0.4, 0.5) is 10.1 Å². The number of sulfonamides is 1. The van der Waals surface area contributed by atoms with Gasteiger partial charge in [0.2, 0.25) is 10.0 Å². The van der Waals surface area contributed by atoms with Crippen molar-refractivity contribution in [2.75, 3.05) is 12.4 Å². The lowest BCUT2D eigenvalue weighted by atomic mass is 9.98. The molecule has 0 saturated heterocycles. The zero-order valence-electron chi connectivity index (χ0n) is 11.0. The van der Waals surface area contributed by atoms with Gasteiger partial charge in [0, 0.05) is 11.5 Å². The third kappa shape index (κ3) is 5.10. The number of non-ortho nitro benzene ring substituents is 1. The first-order chi connectivity index (χ1) is 9.00. The number of rotatable bonds is 6. The molecule has 0 spiro atoms. The Hall–Kier alpha value is -1.74. The molecule has 0 aromatic heterocycles. The number of nitro groups is 1. The maximum absolute atomic E-state index is 13.6. The van der Waals surface area contributed by atoms with Crippen molar-refractivity contribution in [3.63, 3.8) is 0 Å². The van der Waals surface area contributed by atoms with E-state index in [2.05, 4.69) is 0 Å². The molecule has 2 N–H and O–H groups in total. The molecule has 0 aliphatic rings. The van der Waals surface area contributed by atoms with Gasteiger partial charge in [0.05, 0.1) is 23.3 Å². The molecule has 0 atom stereocenters. The minimum Gasteiger partial charge on any atom is -0.490 e. The first-order valence-corrected chi connectivity index (χ1v) is 7.29. The lowest BCUT2D eigenvalue weighted by molar-refractivity contribution is -0.385. The van der Waals surface area contributed by atoms with Gasteiger partial charge >= 0.3 is 0 Å². The Morgan fingerprint density at radius 2 is 2.05 bits per heavy atom. The predicted molar refractivity (Wildman–Crippen MR) is 70.3 cm³/mol. The van der Waals surface area contributed by atoms with Crippen LogP contribution in [-0.2, 0) is 10.0 Å². The zero-order valence-corrected chi connectivity index (χ0v) is 11.8. The first kappa shape index (κ1) is 16.3. The average molecular weight is 306 g/mol. The van der Waals surface area contributed by atoms with Gasteiger partial charge in [-0.05, 0) is 6.07 Å². The molecule has 0 saturated carbocycles. The smallest absolute Gasteiger partial charge is 0.272 e. The van der Waals surface area contributed by atoms with Gasteiger partial charge in [0.15, 0.2) is 11.6 Å². The molecule has 0 aliphatic carbocycles. The highest BCUT2D eigenvalue weighted by atomic mass is 32.2. The number of benzene rings is 1. The van der Waals surface area contributed by atoms with E-state index >= 15 is 0 Å². The molecule has 0 aliphatic heterocycles. The monoisotopic (exact) mass is 306 g/mol. The molecule has 0 radical (unpaired) electrons. The van der Waals surface area contributed by atoms with Crippen molar-refractivity contribution in [2.24, 2.45) is 10.6 Å². The molecule has 1 rings (SSSR count). The summed E-state index contributed by atoms with van der Waals surface area (Å²) in [6.45, 7) is 3.10. The number of hydrogen-bond donors (Lipinski definition) is 1. The van der Waals surface area contributed by atoms with Crippen LogP contribution < -0.4 is 9.88 Å². The van der Waals surface area contributed by atoms with E-state index in [4.69, 9.17) is 9.88 Å². The third-order valence-electron chi connectivity index (χ3n) is 2.34. The molecule has 0 bridgehead atoms. The van der Waals surface area contributed by atoms with Crippen LogP contribution >= 0.6 is 0 Å². The summed E-state index contributed by atoms with van der Waals surface area (Å²) in [6.07, 6.45) is 0. The molecule has 0 amide bonds. The zero-order chi connectivity index (χ0) is 15.6. The van der Waals surface area contributed by atoms with Gasteiger partial charge in [-0.15, -0.1) is 0 Å². The minimum absolute atomic E-state index is 0.0990. The van der Waals surface area contributed by atoms with Gasteiger partial charge in [0.1, 0.15) is 0 Å². The molecular formula is C11H15FN2O5S. The Morgan fingerprint density at radius 3 is 2.50 bits per heavy atom. The number of nitrogens with zero attached hydrogens (tertiary/aromatic N) is 1. The highest BCUT2D eigenvalue weighted by molar-refractivity contribution is 7.89. The summed E-state index contributed by atoms with van der Waals surface area (Å²) >= 11 is 0. The van der Waals surface area contributed by atoms with Crippen LogP contribution in [0.3, 0.4) is 0 Å². The van der Waals surface area contributed by atoms with E-state index in [0.717, 1.165) is 18.2 Å². The highest BCUT2D eigenvalue weighted by Gasteiger charge is 2.25. The van der Waals surface area contributed by atoms with Crippen LogP contribution in [0, 0.1) is 21.3 Å². The number of halogens is 1. The number of primary sulfonamides is 1. The summed E-state index contributed by atoms with van der Waals surface area (Å²) in [6, 6.07) is 2.97.